The van der Waals surface area contributed by atoms with Gasteiger partial charge in [-0.3, -0.25) is 4.99 Å². The van der Waals surface area contributed by atoms with Crippen molar-refractivity contribution in [1.82, 2.24) is 10.2 Å². The molecule has 140 valence electrons. The lowest BCUT2D eigenvalue weighted by Gasteiger charge is -2.37. The molecule has 0 saturated carbocycles. The second-order valence-electron chi connectivity index (χ2n) is 6.77. The predicted molar refractivity (Wildman–Crippen MR) is 101 cm³/mol. The molecule has 2 atom stereocenters. The number of hydrogen-bond donors (Lipinski definition) is 1. The van der Waals surface area contributed by atoms with Gasteiger partial charge in [-0.25, -0.2) is 0 Å². The fourth-order valence-corrected chi connectivity index (χ4v) is 3.57. The first-order valence-electron chi connectivity index (χ1n) is 8.76. The zero-order chi connectivity index (χ0) is 18.4. The van der Waals surface area contributed by atoms with Gasteiger partial charge >= 0.3 is 0 Å². The van der Waals surface area contributed by atoms with E-state index in [2.05, 4.69) is 29.1 Å². The Morgan fingerprint density at radius 1 is 1.04 bits per heavy atom. The molecule has 1 aromatic rings. The topological polar surface area (TPSA) is 55.3 Å². The third-order valence-electron chi connectivity index (χ3n) is 4.60. The van der Waals surface area contributed by atoms with E-state index >= 15 is 0 Å². The molecule has 0 amide bonds. The van der Waals surface area contributed by atoms with Gasteiger partial charge in [-0.05, 0) is 24.3 Å². The van der Waals surface area contributed by atoms with E-state index in [0.29, 0.717) is 29.9 Å². The number of hydrogen-bond acceptors (Lipinski definition) is 4. The molecule has 1 heterocycles. The number of methoxy groups -OCH3 is 3. The fourth-order valence-electron chi connectivity index (χ4n) is 3.57. The maximum Gasteiger partial charge on any atom is 0.193 e. The number of ether oxygens (including phenoxy) is 3. The van der Waals surface area contributed by atoms with Crippen LogP contribution < -0.4 is 19.5 Å². The van der Waals surface area contributed by atoms with E-state index in [-0.39, 0.29) is 0 Å². The van der Waals surface area contributed by atoms with Crippen molar-refractivity contribution in [2.75, 3.05) is 41.5 Å². The van der Waals surface area contributed by atoms with E-state index < -0.39 is 0 Å². The van der Waals surface area contributed by atoms with Gasteiger partial charge in [0, 0.05) is 38.3 Å². The van der Waals surface area contributed by atoms with Crippen LogP contribution >= 0.6 is 0 Å². The first-order valence-corrected chi connectivity index (χ1v) is 8.76. The van der Waals surface area contributed by atoms with Crippen LogP contribution in [0.1, 0.15) is 25.8 Å². The number of piperidine rings is 1. The molecule has 2 rings (SSSR count). The fraction of sp³-hybridized carbons (Fsp3) is 0.632. The molecule has 1 aromatic carbocycles. The monoisotopic (exact) mass is 349 g/mol. The Hall–Kier alpha value is -2.11. The summed E-state index contributed by atoms with van der Waals surface area (Å²) in [5, 5.41) is 3.46. The van der Waals surface area contributed by atoms with Crippen molar-refractivity contribution >= 4 is 5.96 Å². The highest BCUT2D eigenvalue weighted by atomic mass is 16.5. The second-order valence-corrected chi connectivity index (χ2v) is 6.77. The lowest BCUT2D eigenvalue weighted by atomic mass is 9.92. The number of nitrogens with zero attached hydrogens (tertiary/aromatic N) is 2. The van der Waals surface area contributed by atoms with Crippen LogP contribution in [0.3, 0.4) is 0 Å². The maximum atomic E-state index is 5.50. The van der Waals surface area contributed by atoms with E-state index in [1.165, 1.54) is 6.42 Å². The molecule has 0 aromatic heterocycles. The summed E-state index contributed by atoms with van der Waals surface area (Å²) < 4.78 is 16.3. The van der Waals surface area contributed by atoms with Crippen LogP contribution in [-0.4, -0.2) is 52.3 Å². The SMILES string of the molecule is CN=C(NCc1cc(OC)c(OC)cc1OC)N1CC(C)CC(C)C1. The minimum absolute atomic E-state index is 0.607. The summed E-state index contributed by atoms with van der Waals surface area (Å²) in [5.74, 6) is 4.40. The Balaban J connectivity index is 2.13. The van der Waals surface area contributed by atoms with E-state index in [0.717, 1.165) is 30.4 Å². The molecular formula is C19H31N3O3. The third-order valence-corrected chi connectivity index (χ3v) is 4.60. The van der Waals surface area contributed by atoms with Gasteiger partial charge in [0.25, 0.3) is 0 Å². The quantitative estimate of drug-likeness (QED) is 0.654. The summed E-state index contributed by atoms with van der Waals surface area (Å²) in [6, 6.07) is 3.79. The van der Waals surface area contributed by atoms with Crippen LogP contribution in [0.5, 0.6) is 17.2 Å². The molecule has 2 unspecified atom stereocenters. The molecule has 1 N–H and O–H groups in total. The molecule has 0 radical (unpaired) electrons. The van der Waals surface area contributed by atoms with Crippen molar-refractivity contribution in [3.63, 3.8) is 0 Å². The average Bonchev–Trinajstić information content (AvgIpc) is 2.60. The van der Waals surface area contributed by atoms with Gasteiger partial charge in [-0.1, -0.05) is 13.8 Å². The van der Waals surface area contributed by atoms with Crippen molar-refractivity contribution in [2.45, 2.75) is 26.8 Å². The van der Waals surface area contributed by atoms with Crippen LogP contribution in [-0.2, 0) is 6.54 Å². The van der Waals surface area contributed by atoms with Gasteiger partial charge in [0.05, 0.1) is 21.3 Å². The van der Waals surface area contributed by atoms with Crippen molar-refractivity contribution in [1.29, 1.82) is 0 Å². The van der Waals surface area contributed by atoms with Crippen LogP contribution in [0.15, 0.2) is 17.1 Å². The third kappa shape index (κ3) is 4.71. The highest BCUT2D eigenvalue weighted by Gasteiger charge is 2.24. The maximum absolute atomic E-state index is 5.50. The summed E-state index contributed by atoms with van der Waals surface area (Å²) in [5.41, 5.74) is 0.999. The van der Waals surface area contributed by atoms with Gasteiger partial charge < -0.3 is 24.4 Å². The number of likely N-dealkylation sites (tertiary alicyclic amines) is 1. The molecule has 6 heteroatoms. The summed E-state index contributed by atoms with van der Waals surface area (Å²) in [6.45, 7) is 7.27. The molecule has 1 aliphatic heterocycles. The van der Waals surface area contributed by atoms with E-state index in [1.54, 1.807) is 21.3 Å². The molecule has 1 fully saturated rings. The number of rotatable bonds is 5. The van der Waals surface area contributed by atoms with Crippen molar-refractivity contribution in [2.24, 2.45) is 16.8 Å². The molecule has 25 heavy (non-hydrogen) atoms. The highest BCUT2D eigenvalue weighted by molar-refractivity contribution is 5.80. The Morgan fingerprint density at radius 3 is 2.12 bits per heavy atom. The van der Waals surface area contributed by atoms with Crippen LogP contribution in [0, 0.1) is 11.8 Å². The van der Waals surface area contributed by atoms with Gasteiger partial charge in [0.1, 0.15) is 5.75 Å². The standard InChI is InChI=1S/C19H31N3O3/c1-13-7-14(2)12-22(11-13)19(20-3)21-10-15-8-17(24-5)18(25-6)9-16(15)23-4/h8-9,13-14H,7,10-12H2,1-6H3,(H,20,21). The zero-order valence-electron chi connectivity index (χ0n) is 16.3. The average molecular weight is 349 g/mol. The van der Waals surface area contributed by atoms with Crippen LogP contribution in [0.4, 0.5) is 0 Å². The largest absolute Gasteiger partial charge is 0.496 e. The molecular weight excluding hydrogens is 318 g/mol. The number of benzene rings is 1. The Bertz CT molecular complexity index is 594. The minimum Gasteiger partial charge on any atom is -0.496 e. The van der Waals surface area contributed by atoms with Gasteiger partial charge in [0.2, 0.25) is 0 Å². The summed E-state index contributed by atoms with van der Waals surface area (Å²) >= 11 is 0. The van der Waals surface area contributed by atoms with Crippen LogP contribution in [0.2, 0.25) is 0 Å². The first-order chi connectivity index (χ1) is 12.0. The van der Waals surface area contributed by atoms with E-state index in [4.69, 9.17) is 14.2 Å². The van der Waals surface area contributed by atoms with E-state index in [1.807, 2.05) is 19.2 Å². The Labute approximate surface area is 151 Å². The second kappa shape index (κ2) is 8.83. The van der Waals surface area contributed by atoms with Crippen molar-refractivity contribution < 1.29 is 14.2 Å². The summed E-state index contributed by atoms with van der Waals surface area (Å²) in [4.78, 5) is 6.80. The lowest BCUT2D eigenvalue weighted by Crippen LogP contribution is -2.48. The summed E-state index contributed by atoms with van der Waals surface area (Å²) in [7, 11) is 6.75. The predicted octanol–water partition coefficient (Wildman–Crippen LogP) is 2.77. The molecule has 6 nitrogen and oxygen atoms in total. The molecule has 1 saturated heterocycles. The molecule has 0 spiro atoms. The smallest absolute Gasteiger partial charge is 0.193 e. The molecule has 1 aliphatic rings. The van der Waals surface area contributed by atoms with Crippen molar-refractivity contribution in [3.05, 3.63) is 17.7 Å². The van der Waals surface area contributed by atoms with Gasteiger partial charge in [0.15, 0.2) is 17.5 Å². The molecule has 0 bridgehead atoms. The van der Waals surface area contributed by atoms with Crippen molar-refractivity contribution in [3.8, 4) is 17.2 Å². The summed E-state index contributed by atoms with van der Waals surface area (Å²) in [6.07, 6.45) is 1.27. The molecule has 0 aliphatic carbocycles. The minimum atomic E-state index is 0.607. The Morgan fingerprint density at radius 2 is 1.60 bits per heavy atom. The number of guanidine groups is 1. The first kappa shape index (κ1) is 19.2. The number of nitrogens with one attached hydrogen (secondary N) is 1. The zero-order valence-corrected chi connectivity index (χ0v) is 16.3. The number of aliphatic imine (C=N–C) groups is 1. The van der Waals surface area contributed by atoms with E-state index in [9.17, 15) is 0 Å². The Kier molecular flexibility index (Phi) is 6.79. The van der Waals surface area contributed by atoms with Gasteiger partial charge in [-0.2, -0.15) is 0 Å². The lowest BCUT2D eigenvalue weighted by molar-refractivity contribution is 0.208. The van der Waals surface area contributed by atoms with Gasteiger partial charge in [-0.15, -0.1) is 0 Å². The highest BCUT2D eigenvalue weighted by Crippen LogP contribution is 2.34. The normalized spacial score (nSPS) is 21.0. The van der Waals surface area contributed by atoms with Crippen LogP contribution in [0.25, 0.3) is 0 Å².